The Balaban J connectivity index is 2.37. The molecule has 3 nitrogen and oxygen atoms in total. The Morgan fingerprint density at radius 3 is 2.65 bits per heavy atom. The standard InChI is InChI=1S/C17H25NO2/c1-6-13(17(3,4)5)10-16-15(7-2)18-8-9-19-11-14(18)12-20-16/h6-7,10,14H,1-2,8-9,11-12H2,3-5H3/b13-10+. The van der Waals surface area contributed by atoms with Gasteiger partial charge < -0.3 is 14.4 Å². The second kappa shape index (κ2) is 5.88. The lowest BCUT2D eigenvalue weighted by atomic mass is 9.86. The van der Waals surface area contributed by atoms with Crippen LogP contribution in [0.3, 0.4) is 0 Å². The van der Waals surface area contributed by atoms with Gasteiger partial charge >= 0.3 is 0 Å². The minimum Gasteiger partial charge on any atom is -0.489 e. The van der Waals surface area contributed by atoms with Crippen LogP contribution < -0.4 is 0 Å². The lowest BCUT2D eigenvalue weighted by Crippen LogP contribution is -2.49. The molecule has 1 saturated heterocycles. The fourth-order valence-corrected chi connectivity index (χ4v) is 2.57. The Morgan fingerprint density at radius 2 is 2.05 bits per heavy atom. The van der Waals surface area contributed by atoms with Crippen LogP contribution in [0.25, 0.3) is 0 Å². The zero-order chi connectivity index (χ0) is 14.8. The highest BCUT2D eigenvalue weighted by Gasteiger charge is 2.30. The predicted octanol–water partition coefficient (Wildman–Crippen LogP) is 3.27. The maximum atomic E-state index is 5.94. The van der Waals surface area contributed by atoms with Crippen molar-refractivity contribution >= 4 is 0 Å². The molecule has 20 heavy (non-hydrogen) atoms. The van der Waals surface area contributed by atoms with Gasteiger partial charge in [0.15, 0.2) is 0 Å². The molecule has 2 heterocycles. The smallest absolute Gasteiger partial charge is 0.142 e. The number of nitrogens with zero attached hydrogens (tertiary/aromatic N) is 1. The summed E-state index contributed by atoms with van der Waals surface area (Å²) in [6.07, 6.45) is 5.88. The quantitative estimate of drug-likeness (QED) is 0.738. The third kappa shape index (κ3) is 2.98. The summed E-state index contributed by atoms with van der Waals surface area (Å²) in [5, 5.41) is 0. The Hall–Kier alpha value is -1.48. The molecule has 0 radical (unpaired) electrons. The van der Waals surface area contributed by atoms with E-state index in [1.54, 1.807) is 0 Å². The molecule has 2 aliphatic rings. The molecule has 0 saturated carbocycles. The number of allylic oxidation sites excluding steroid dienone is 4. The number of morpholine rings is 1. The van der Waals surface area contributed by atoms with E-state index in [4.69, 9.17) is 9.47 Å². The first kappa shape index (κ1) is 14.9. The summed E-state index contributed by atoms with van der Waals surface area (Å²) in [4.78, 5) is 2.34. The molecule has 2 aliphatic heterocycles. The molecule has 0 spiro atoms. The highest BCUT2D eigenvalue weighted by atomic mass is 16.5. The molecule has 1 fully saturated rings. The number of ether oxygens (including phenoxy) is 2. The fraction of sp³-hybridized carbons (Fsp3) is 0.529. The molecule has 1 unspecified atom stereocenters. The van der Waals surface area contributed by atoms with Gasteiger partial charge in [-0.2, -0.15) is 0 Å². The molecule has 110 valence electrons. The van der Waals surface area contributed by atoms with Gasteiger partial charge in [0.2, 0.25) is 0 Å². The highest BCUT2D eigenvalue weighted by molar-refractivity contribution is 5.36. The lowest BCUT2D eigenvalue weighted by Gasteiger charge is -2.41. The first-order valence-electron chi connectivity index (χ1n) is 7.16. The first-order valence-corrected chi connectivity index (χ1v) is 7.16. The monoisotopic (exact) mass is 275 g/mol. The van der Waals surface area contributed by atoms with E-state index in [0.29, 0.717) is 12.6 Å². The molecular formula is C17H25NO2. The predicted molar refractivity (Wildman–Crippen MR) is 82.2 cm³/mol. The van der Waals surface area contributed by atoms with Crippen LogP contribution in [-0.4, -0.2) is 37.3 Å². The fourth-order valence-electron chi connectivity index (χ4n) is 2.57. The summed E-state index contributed by atoms with van der Waals surface area (Å²) in [6, 6.07) is 0.302. The van der Waals surface area contributed by atoms with Crippen molar-refractivity contribution < 1.29 is 9.47 Å². The van der Waals surface area contributed by atoms with Crippen molar-refractivity contribution in [1.29, 1.82) is 0 Å². The maximum Gasteiger partial charge on any atom is 0.142 e. The highest BCUT2D eigenvalue weighted by Crippen LogP contribution is 2.31. The van der Waals surface area contributed by atoms with Gasteiger partial charge in [0, 0.05) is 6.54 Å². The van der Waals surface area contributed by atoms with Gasteiger partial charge in [-0.05, 0) is 23.1 Å². The SMILES string of the molecule is C=CC1=C(/C=C(\C=C)C(C)(C)C)OCC2COCCN12. The van der Waals surface area contributed by atoms with E-state index < -0.39 is 0 Å². The molecule has 0 amide bonds. The summed E-state index contributed by atoms with van der Waals surface area (Å²) in [6.45, 7) is 17.4. The molecule has 3 heteroatoms. The third-order valence-corrected chi connectivity index (χ3v) is 3.79. The van der Waals surface area contributed by atoms with E-state index in [1.807, 2.05) is 12.2 Å². The lowest BCUT2D eigenvalue weighted by molar-refractivity contribution is -0.0319. The number of hydrogen-bond donors (Lipinski definition) is 0. The normalized spacial score (nSPS) is 24.1. The van der Waals surface area contributed by atoms with Crippen LogP contribution in [0.5, 0.6) is 0 Å². The number of hydrogen-bond acceptors (Lipinski definition) is 3. The molecule has 0 aromatic rings. The van der Waals surface area contributed by atoms with Gasteiger partial charge in [0.25, 0.3) is 0 Å². The minimum atomic E-state index is 0.0479. The Kier molecular flexibility index (Phi) is 4.39. The van der Waals surface area contributed by atoms with Crippen molar-refractivity contribution in [3.63, 3.8) is 0 Å². The largest absolute Gasteiger partial charge is 0.489 e. The Bertz CT molecular complexity index is 454. The van der Waals surface area contributed by atoms with Crippen LogP contribution in [0.1, 0.15) is 20.8 Å². The van der Waals surface area contributed by atoms with Gasteiger partial charge in [-0.25, -0.2) is 0 Å². The zero-order valence-electron chi connectivity index (χ0n) is 12.8. The van der Waals surface area contributed by atoms with Crippen LogP contribution in [-0.2, 0) is 9.47 Å². The molecular weight excluding hydrogens is 250 g/mol. The van der Waals surface area contributed by atoms with E-state index in [0.717, 1.165) is 31.2 Å². The van der Waals surface area contributed by atoms with E-state index in [-0.39, 0.29) is 5.41 Å². The van der Waals surface area contributed by atoms with E-state index in [2.05, 4.69) is 44.9 Å². The first-order chi connectivity index (χ1) is 9.47. The Morgan fingerprint density at radius 1 is 1.30 bits per heavy atom. The van der Waals surface area contributed by atoms with Crippen LogP contribution in [0.2, 0.25) is 0 Å². The van der Waals surface area contributed by atoms with Crippen LogP contribution in [0.15, 0.2) is 48.4 Å². The second-order valence-corrected chi connectivity index (χ2v) is 6.24. The van der Waals surface area contributed by atoms with E-state index in [1.165, 1.54) is 5.57 Å². The average molecular weight is 275 g/mol. The summed E-state index contributed by atoms with van der Waals surface area (Å²) in [5.74, 6) is 0.892. The summed E-state index contributed by atoms with van der Waals surface area (Å²) in [7, 11) is 0. The van der Waals surface area contributed by atoms with Gasteiger partial charge in [-0.3, -0.25) is 0 Å². The van der Waals surface area contributed by atoms with Gasteiger partial charge in [0.05, 0.1) is 25.0 Å². The molecule has 0 aromatic carbocycles. The zero-order valence-corrected chi connectivity index (χ0v) is 12.8. The van der Waals surface area contributed by atoms with Crippen molar-refractivity contribution in [1.82, 2.24) is 4.90 Å². The van der Waals surface area contributed by atoms with Crippen LogP contribution in [0.4, 0.5) is 0 Å². The third-order valence-electron chi connectivity index (χ3n) is 3.79. The molecule has 0 bridgehead atoms. The maximum absolute atomic E-state index is 5.94. The van der Waals surface area contributed by atoms with Crippen molar-refractivity contribution in [2.24, 2.45) is 5.41 Å². The summed E-state index contributed by atoms with van der Waals surface area (Å²) < 4.78 is 11.5. The van der Waals surface area contributed by atoms with Crippen molar-refractivity contribution in [2.75, 3.05) is 26.4 Å². The van der Waals surface area contributed by atoms with Crippen LogP contribution >= 0.6 is 0 Å². The number of rotatable bonds is 3. The molecule has 0 N–H and O–H groups in total. The van der Waals surface area contributed by atoms with E-state index in [9.17, 15) is 0 Å². The average Bonchev–Trinajstić information content (AvgIpc) is 2.42. The van der Waals surface area contributed by atoms with Crippen molar-refractivity contribution in [2.45, 2.75) is 26.8 Å². The van der Waals surface area contributed by atoms with E-state index >= 15 is 0 Å². The van der Waals surface area contributed by atoms with Crippen LogP contribution in [0, 0.1) is 5.41 Å². The molecule has 1 atom stereocenters. The molecule has 0 aromatic heterocycles. The summed E-state index contributed by atoms with van der Waals surface area (Å²) in [5.41, 5.74) is 2.28. The van der Waals surface area contributed by atoms with Crippen molar-refractivity contribution in [3.8, 4) is 0 Å². The molecule has 0 aliphatic carbocycles. The second-order valence-electron chi connectivity index (χ2n) is 6.24. The van der Waals surface area contributed by atoms with Gasteiger partial charge in [-0.15, -0.1) is 0 Å². The van der Waals surface area contributed by atoms with Gasteiger partial charge in [0.1, 0.15) is 12.4 Å². The Labute approximate surface area is 122 Å². The van der Waals surface area contributed by atoms with Crippen molar-refractivity contribution in [3.05, 3.63) is 48.4 Å². The summed E-state index contributed by atoms with van der Waals surface area (Å²) >= 11 is 0. The number of fused-ring (bicyclic) bond motifs is 1. The molecule has 2 rings (SSSR count). The minimum absolute atomic E-state index is 0.0479. The van der Waals surface area contributed by atoms with Gasteiger partial charge in [-0.1, -0.05) is 40.0 Å². The topological polar surface area (TPSA) is 21.7 Å².